The molecule has 2 saturated heterocycles. The second-order valence-corrected chi connectivity index (χ2v) is 8.58. The van der Waals surface area contributed by atoms with Crippen LogP contribution < -0.4 is 10.2 Å². The van der Waals surface area contributed by atoms with Gasteiger partial charge < -0.3 is 14.6 Å². The van der Waals surface area contributed by atoms with Crippen LogP contribution in [-0.2, 0) is 9.59 Å². The molecule has 0 bridgehead atoms. The van der Waals surface area contributed by atoms with Crippen LogP contribution in [0.2, 0.25) is 0 Å². The Labute approximate surface area is 179 Å². The van der Waals surface area contributed by atoms with Crippen molar-refractivity contribution in [3.63, 3.8) is 0 Å². The molecule has 0 radical (unpaired) electrons. The molecule has 2 aliphatic rings. The smallest absolute Gasteiger partial charge is 0.227 e. The summed E-state index contributed by atoms with van der Waals surface area (Å²) in [5.41, 5.74) is 0.814. The van der Waals surface area contributed by atoms with Crippen LogP contribution in [0.1, 0.15) is 37.5 Å². The minimum atomic E-state index is -0.340. The number of hydrogen-bond acceptors (Lipinski definition) is 4. The van der Waals surface area contributed by atoms with Crippen LogP contribution in [0.15, 0.2) is 51.6 Å². The van der Waals surface area contributed by atoms with Crippen LogP contribution in [0.5, 0.6) is 0 Å². The predicted octanol–water partition coefficient (Wildman–Crippen LogP) is 3.74. The number of nitrogens with zero attached hydrogens (tertiary/aromatic N) is 2. The van der Waals surface area contributed by atoms with Gasteiger partial charge in [0.1, 0.15) is 5.76 Å². The van der Waals surface area contributed by atoms with E-state index in [9.17, 15) is 9.59 Å². The number of amides is 2. The van der Waals surface area contributed by atoms with E-state index < -0.39 is 0 Å². The second kappa shape index (κ2) is 9.13. The maximum Gasteiger partial charge on any atom is 0.227 e. The molecule has 7 heteroatoms. The molecule has 1 N–H and O–H groups in total. The molecule has 4 rings (SSSR count). The van der Waals surface area contributed by atoms with Gasteiger partial charge in [0, 0.05) is 24.0 Å². The second-order valence-electron chi connectivity index (χ2n) is 7.73. The molecule has 154 valence electrons. The normalized spacial score (nSPS) is 21.3. The number of likely N-dealkylation sites (tertiary alicyclic amines) is 1. The number of hydrogen-bond donors (Lipinski definition) is 1. The lowest BCUT2D eigenvalue weighted by molar-refractivity contribution is -0.126. The van der Waals surface area contributed by atoms with Crippen molar-refractivity contribution in [1.82, 2.24) is 10.2 Å². The molecule has 1 aromatic carbocycles. The molecule has 2 amide bonds. The fourth-order valence-electron chi connectivity index (χ4n) is 4.25. The van der Waals surface area contributed by atoms with Crippen LogP contribution >= 0.6 is 15.9 Å². The highest BCUT2D eigenvalue weighted by Crippen LogP contribution is 2.31. The van der Waals surface area contributed by atoms with E-state index in [1.54, 1.807) is 11.2 Å². The number of nitrogens with one attached hydrogen (secondary N) is 1. The van der Waals surface area contributed by atoms with Crippen molar-refractivity contribution in [2.75, 3.05) is 31.1 Å². The zero-order chi connectivity index (χ0) is 20.2. The van der Waals surface area contributed by atoms with Gasteiger partial charge >= 0.3 is 0 Å². The van der Waals surface area contributed by atoms with E-state index in [0.717, 1.165) is 29.0 Å². The summed E-state index contributed by atoms with van der Waals surface area (Å²) in [6.07, 6.45) is 5.51. The summed E-state index contributed by atoms with van der Waals surface area (Å²) in [6.45, 7) is 2.92. The van der Waals surface area contributed by atoms with Crippen LogP contribution in [0, 0.1) is 5.92 Å². The van der Waals surface area contributed by atoms with Crippen LogP contribution in [0.25, 0.3) is 0 Å². The number of halogens is 1. The van der Waals surface area contributed by atoms with Gasteiger partial charge in [-0.1, -0.05) is 18.6 Å². The minimum absolute atomic E-state index is 0.0179. The van der Waals surface area contributed by atoms with Gasteiger partial charge in [-0.25, -0.2) is 0 Å². The first kappa shape index (κ1) is 20.2. The third-order valence-electron chi connectivity index (χ3n) is 5.81. The van der Waals surface area contributed by atoms with Gasteiger partial charge in [0.15, 0.2) is 0 Å². The summed E-state index contributed by atoms with van der Waals surface area (Å²) < 4.78 is 6.51. The van der Waals surface area contributed by atoms with Gasteiger partial charge in [-0.05, 0) is 66.1 Å². The number of anilines is 1. The number of rotatable bonds is 6. The summed E-state index contributed by atoms with van der Waals surface area (Å²) >= 11 is 3.50. The van der Waals surface area contributed by atoms with Crippen molar-refractivity contribution in [3.05, 3.63) is 52.9 Å². The molecular formula is C22H26BrN3O3. The first-order chi connectivity index (χ1) is 14.1. The molecule has 2 fully saturated rings. The Hall–Kier alpha value is -2.12. The number of carbonyl (C=O) groups is 2. The zero-order valence-corrected chi connectivity index (χ0v) is 17.9. The monoisotopic (exact) mass is 459 g/mol. The fourth-order valence-corrected chi connectivity index (χ4v) is 4.75. The average molecular weight is 460 g/mol. The van der Waals surface area contributed by atoms with Crippen LogP contribution in [0.3, 0.4) is 0 Å². The van der Waals surface area contributed by atoms with Gasteiger partial charge in [-0.15, -0.1) is 0 Å². The summed E-state index contributed by atoms with van der Waals surface area (Å²) in [5, 5.41) is 3.09. The highest BCUT2D eigenvalue weighted by Gasteiger charge is 2.36. The molecule has 6 nitrogen and oxygen atoms in total. The zero-order valence-electron chi connectivity index (χ0n) is 16.4. The number of para-hydroxylation sites is 1. The molecular weight excluding hydrogens is 434 g/mol. The number of carbonyl (C=O) groups excluding carboxylic acids is 2. The van der Waals surface area contributed by atoms with Gasteiger partial charge in [0.2, 0.25) is 11.8 Å². The van der Waals surface area contributed by atoms with Crippen molar-refractivity contribution in [3.8, 4) is 0 Å². The molecule has 2 aromatic rings. The van der Waals surface area contributed by atoms with Crippen LogP contribution in [0.4, 0.5) is 5.69 Å². The topological polar surface area (TPSA) is 65.8 Å². The first-order valence-electron chi connectivity index (χ1n) is 10.2. The van der Waals surface area contributed by atoms with Gasteiger partial charge in [-0.2, -0.15) is 0 Å². The van der Waals surface area contributed by atoms with Crippen molar-refractivity contribution >= 4 is 33.4 Å². The SMILES string of the molecule is O=C(NCC(c1ccco1)N1CCCCC1)C1CC(=O)N(c2ccccc2Br)C1. The summed E-state index contributed by atoms with van der Waals surface area (Å²) in [6, 6.07) is 11.5. The standard InChI is InChI=1S/C22H26BrN3O3/c23-17-7-2-3-8-18(17)26-15-16(13-21(26)27)22(28)24-14-19(20-9-6-12-29-20)25-10-4-1-5-11-25/h2-3,6-9,12,16,19H,1,4-5,10-11,13-15H2,(H,24,28). The van der Waals surface area contributed by atoms with E-state index in [0.29, 0.717) is 13.1 Å². The quantitative estimate of drug-likeness (QED) is 0.714. The summed E-state index contributed by atoms with van der Waals surface area (Å²) in [7, 11) is 0. The Morgan fingerprint density at radius 2 is 1.97 bits per heavy atom. The molecule has 0 saturated carbocycles. The molecule has 2 aliphatic heterocycles. The Morgan fingerprint density at radius 3 is 2.69 bits per heavy atom. The largest absolute Gasteiger partial charge is 0.468 e. The maximum absolute atomic E-state index is 12.9. The Balaban J connectivity index is 1.39. The van der Waals surface area contributed by atoms with E-state index in [2.05, 4.69) is 26.1 Å². The molecule has 2 unspecified atom stereocenters. The summed E-state index contributed by atoms with van der Waals surface area (Å²) in [5.74, 6) is 0.454. The van der Waals surface area contributed by atoms with Crippen molar-refractivity contribution < 1.29 is 14.0 Å². The van der Waals surface area contributed by atoms with Gasteiger partial charge in [0.05, 0.1) is 23.9 Å². The molecule has 0 aliphatic carbocycles. The molecule has 1 aromatic heterocycles. The number of benzene rings is 1. The Bertz CT molecular complexity index is 849. The highest BCUT2D eigenvalue weighted by atomic mass is 79.9. The summed E-state index contributed by atoms with van der Waals surface area (Å²) in [4.78, 5) is 29.5. The predicted molar refractivity (Wildman–Crippen MR) is 114 cm³/mol. The van der Waals surface area contributed by atoms with E-state index in [-0.39, 0.29) is 30.2 Å². The third-order valence-corrected chi connectivity index (χ3v) is 6.48. The van der Waals surface area contributed by atoms with Crippen molar-refractivity contribution in [2.45, 2.75) is 31.7 Å². The van der Waals surface area contributed by atoms with E-state index in [1.165, 1.54) is 19.3 Å². The van der Waals surface area contributed by atoms with E-state index in [1.807, 2.05) is 36.4 Å². The lowest BCUT2D eigenvalue weighted by Crippen LogP contribution is -2.42. The van der Waals surface area contributed by atoms with E-state index in [4.69, 9.17) is 4.42 Å². The maximum atomic E-state index is 12.9. The molecule has 0 spiro atoms. The fraction of sp³-hybridized carbons (Fsp3) is 0.455. The third kappa shape index (κ3) is 4.56. The number of furan rings is 1. The average Bonchev–Trinajstić information content (AvgIpc) is 3.39. The van der Waals surface area contributed by atoms with Gasteiger partial charge in [-0.3, -0.25) is 14.5 Å². The lowest BCUT2D eigenvalue weighted by atomic mass is 10.1. The van der Waals surface area contributed by atoms with Gasteiger partial charge in [0.25, 0.3) is 0 Å². The Morgan fingerprint density at radius 1 is 1.17 bits per heavy atom. The Kier molecular flexibility index (Phi) is 6.35. The molecule has 3 heterocycles. The number of piperidine rings is 1. The first-order valence-corrected chi connectivity index (χ1v) is 11.0. The molecule has 29 heavy (non-hydrogen) atoms. The van der Waals surface area contributed by atoms with Crippen molar-refractivity contribution in [2.24, 2.45) is 5.92 Å². The van der Waals surface area contributed by atoms with Crippen LogP contribution in [-0.4, -0.2) is 42.9 Å². The van der Waals surface area contributed by atoms with E-state index >= 15 is 0 Å². The van der Waals surface area contributed by atoms with Crippen molar-refractivity contribution in [1.29, 1.82) is 0 Å². The lowest BCUT2D eigenvalue weighted by Gasteiger charge is -2.33. The molecule has 2 atom stereocenters. The highest BCUT2D eigenvalue weighted by molar-refractivity contribution is 9.10. The minimum Gasteiger partial charge on any atom is -0.468 e.